The van der Waals surface area contributed by atoms with E-state index in [-0.39, 0.29) is 11.6 Å². The average Bonchev–Trinajstić information content (AvgIpc) is 3.09. The normalized spacial score (nSPS) is 11.3. The van der Waals surface area contributed by atoms with Crippen LogP contribution in [0.1, 0.15) is 35.3 Å². The molecule has 0 saturated carbocycles. The number of methoxy groups -OCH3 is 1. The Kier molecular flexibility index (Phi) is 5.76. The number of aromatic nitrogens is 2. The lowest BCUT2D eigenvalue weighted by Gasteiger charge is -2.17. The van der Waals surface area contributed by atoms with E-state index in [9.17, 15) is 14.9 Å². The first kappa shape index (κ1) is 22.9. The minimum absolute atomic E-state index is 0.193. The number of nitrogens with one attached hydrogen (secondary N) is 1. The third-order valence-corrected chi connectivity index (χ3v) is 6.10. The van der Waals surface area contributed by atoms with E-state index in [0.717, 1.165) is 16.6 Å². The van der Waals surface area contributed by atoms with Gasteiger partial charge >= 0.3 is 5.69 Å². The first-order valence-electron chi connectivity index (χ1n) is 10.9. The Morgan fingerprint density at radius 3 is 2.53 bits per heavy atom. The number of benzene rings is 3. The van der Waals surface area contributed by atoms with Gasteiger partial charge in [-0.15, -0.1) is 0 Å². The van der Waals surface area contributed by atoms with E-state index in [1.807, 2.05) is 51.1 Å². The molecule has 0 spiro atoms. The van der Waals surface area contributed by atoms with Crippen molar-refractivity contribution in [2.45, 2.75) is 26.2 Å². The Morgan fingerprint density at radius 2 is 1.82 bits per heavy atom. The number of rotatable bonds is 5. The van der Waals surface area contributed by atoms with Crippen LogP contribution in [0.3, 0.4) is 0 Å². The van der Waals surface area contributed by atoms with Crippen LogP contribution in [0.2, 0.25) is 0 Å². The van der Waals surface area contributed by atoms with Crippen molar-refractivity contribution in [1.82, 2.24) is 9.13 Å². The zero-order valence-corrected chi connectivity index (χ0v) is 19.8. The number of hydrogen-bond donors (Lipinski definition) is 1. The summed E-state index contributed by atoms with van der Waals surface area (Å²) in [4.78, 5) is 26.1. The maximum absolute atomic E-state index is 13.1. The summed E-state index contributed by atoms with van der Waals surface area (Å²) in [6, 6.07) is 20.3. The Labute approximate surface area is 197 Å². The SMILES string of the molecule is COc1ccc2c(c1)n(-c1cc(NC(=O)c3cccc(C(C)(C)C#N)c3)ccc1C)c(=O)n2C. The number of fused-ring (bicyclic) bond motifs is 1. The fourth-order valence-corrected chi connectivity index (χ4v) is 3.93. The molecule has 0 radical (unpaired) electrons. The lowest BCUT2D eigenvalue weighted by Crippen LogP contribution is -2.22. The largest absolute Gasteiger partial charge is 0.497 e. The lowest BCUT2D eigenvalue weighted by molar-refractivity contribution is 0.102. The van der Waals surface area contributed by atoms with Gasteiger partial charge in [-0.1, -0.05) is 18.2 Å². The van der Waals surface area contributed by atoms with Gasteiger partial charge in [-0.2, -0.15) is 5.26 Å². The van der Waals surface area contributed by atoms with Crippen molar-refractivity contribution in [2.24, 2.45) is 7.05 Å². The Hall–Kier alpha value is -4.31. The van der Waals surface area contributed by atoms with Gasteiger partial charge in [-0.25, -0.2) is 4.79 Å². The molecule has 1 heterocycles. The molecule has 1 amide bonds. The maximum Gasteiger partial charge on any atom is 0.333 e. The van der Waals surface area contributed by atoms with Gasteiger partial charge in [0.25, 0.3) is 5.91 Å². The Bertz CT molecular complexity index is 1520. The van der Waals surface area contributed by atoms with Crippen molar-refractivity contribution in [3.8, 4) is 17.5 Å². The minimum atomic E-state index is -0.704. The molecule has 34 heavy (non-hydrogen) atoms. The fraction of sp³-hybridized carbons (Fsp3) is 0.222. The maximum atomic E-state index is 13.1. The van der Waals surface area contributed by atoms with E-state index in [1.165, 1.54) is 0 Å². The first-order valence-corrected chi connectivity index (χ1v) is 10.9. The number of anilines is 1. The second-order valence-electron chi connectivity index (χ2n) is 8.80. The third-order valence-electron chi connectivity index (χ3n) is 6.10. The van der Waals surface area contributed by atoms with E-state index >= 15 is 0 Å². The summed E-state index contributed by atoms with van der Waals surface area (Å²) in [7, 11) is 3.31. The zero-order chi connectivity index (χ0) is 24.6. The van der Waals surface area contributed by atoms with Crippen molar-refractivity contribution in [3.05, 3.63) is 87.8 Å². The van der Waals surface area contributed by atoms with Crippen LogP contribution in [0.4, 0.5) is 5.69 Å². The topological polar surface area (TPSA) is 89.1 Å². The minimum Gasteiger partial charge on any atom is -0.497 e. The molecule has 0 atom stereocenters. The number of amides is 1. The van der Waals surface area contributed by atoms with Crippen LogP contribution < -0.4 is 15.7 Å². The highest BCUT2D eigenvalue weighted by molar-refractivity contribution is 6.04. The molecule has 7 heteroatoms. The second kappa shape index (κ2) is 8.56. The first-order chi connectivity index (χ1) is 16.2. The van der Waals surface area contributed by atoms with Gasteiger partial charge in [-0.05, 0) is 68.3 Å². The van der Waals surface area contributed by atoms with Crippen molar-refractivity contribution in [3.63, 3.8) is 0 Å². The summed E-state index contributed by atoms with van der Waals surface area (Å²) in [5.41, 5.74) is 3.92. The molecule has 0 fully saturated rings. The van der Waals surface area contributed by atoms with Crippen LogP contribution >= 0.6 is 0 Å². The second-order valence-corrected chi connectivity index (χ2v) is 8.80. The highest BCUT2D eigenvalue weighted by atomic mass is 16.5. The van der Waals surface area contributed by atoms with E-state index in [0.29, 0.717) is 28.2 Å². The summed E-state index contributed by atoms with van der Waals surface area (Å²) >= 11 is 0. The van der Waals surface area contributed by atoms with Gasteiger partial charge in [0.1, 0.15) is 5.75 Å². The number of hydrogen-bond acceptors (Lipinski definition) is 4. The van der Waals surface area contributed by atoms with Crippen LogP contribution in [0.5, 0.6) is 5.75 Å². The predicted octanol–water partition coefficient (Wildman–Crippen LogP) is 4.70. The number of aryl methyl sites for hydroxylation is 2. The van der Waals surface area contributed by atoms with Crippen molar-refractivity contribution < 1.29 is 9.53 Å². The molecule has 7 nitrogen and oxygen atoms in total. The molecule has 0 bridgehead atoms. The van der Waals surface area contributed by atoms with Gasteiger partial charge in [0.2, 0.25) is 0 Å². The molecule has 0 aliphatic carbocycles. The molecule has 0 saturated heterocycles. The molecule has 0 aliphatic heterocycles. The van der Waals surface area contributed by atoms with Crippen LogP contribution in [-0.4, -0.2) is 22.2 Å². The molecule has 0 aliphatic rings. The molecule has 4 rings (SSSR count). The number of ether oxygens (including phenoxy) is 1. The molecule has 0 unspecified atom stereocenters. The van der Waals surface area contributed by atoms with Crippen LogP contribution in [0.25, 0.3) is 16.7 Å². The summed E-state index contributed by atoms with van der Waals surface area (Å²) < 4.78 is 8.57. The molecule has 1 N–H and O–H groups in total. The van der Waals surface area contributed by atoms with Crippen LogP contribution in [-0.2, 0) is 12.5 Å². The van der Waals surface area contributed by atoms with Gasteiger partial charge in [-0.3, -0.25) is 13.9 Å². The van der Waals surface area contributed by atoms with Gasteiger partial charge in [0.15, 0.2) is 0 Å². The summed E-state index contributed by atoms with van der Waals surface area (Å²) in [5.74, 6) is 0.353. The monoisotopic (exact) mass is 454 g/mol. The third kappa shape index (κ3) is 3.95. The molecular weight excluding hydrogens is 428 g/mol. The molecular formula is C27H26N4O3. The number of carbonyl (C=O) groups excluding carboxylic acids is 1. The van der Waals surface area contributed by atoms with Crippen molar-refractivity contribution in [1.29, 1.82) is 5.26 Å². The molecule has 4 aromatic rings. The lowest BCUT2D eigenvalue weighted by atomic mass is 9.85. The molecule has 1 aromatic heterocycles. The number of imidazole rings is 1. The number of nitrogens with zero attached hydrogens (tertiary/aromatic N) is 3. The molecule has 3 aromatic carbocycles. The van der Waals surface area contributed by atoms with E-state index in [1.54, 1.807) is 53.6 Å². The van der Waals surface area contributed by atoms with E-state index in [2.05, 4.69) is 11.4 Å². The van der Waals surface area contributed by atoms with E-state index < -0.39 is 5.41 Å². The van der Waals surface area contributed by atoms with Crippen molar-refractivity contribution >= 4 is 22.6 Å². The average molecular weight is 455 g/mol. The van der Waals surface area contributed by atoms with Gasteiger partial charge < -0.3 is 10.1 Å². The summed E-state index contributed by atoms with van der Waals surface area (Å²) in [5, 5.41) is 12.3. The highest BCUT2D eigenvalue weighted by Crippen LogP contribution is 2.27. The quantitative estimate of drug-likeness (QED) is 0.473. The highest BCUT2D eigenvalue weighted by Gasteiger charge is 2.21. The Balaban J connectivity index is 1.75. The van der Waals surface area contributed by atoms with Gasteiger partial charge in [0.05, 0.1) is 35.3 Å². The van der Waals surface area contributed by atoms with Crippen LogP contribution in [0.15, 0.2) is 65.5 Å². The zero-order valence-electron chi connectivity index (χ0n) is 19.8. The number of carbonyl (C=O) groups is 1. The van der Waals surface area contributed by atoms with Crippen molar-refractivity contribution in [2.75, 3.05) is 12.4 Å². The number of nitriles is 1. The van der Waals surface area contributed by atoms with Crippen LogP contribution in [0, 0.1) is 18.3 Å². The predicted molar refractivity (Wildman–Crippen MR) is 133 cm³/mol. The fourth-order valence-electron chi connectivity index (χ4n) is 3.93. The standard InChI is InChI=1S/C27H26N4O3/c1-17-9-10-20(29-25(32)18-7-6-8-19(13-18)27(2,3)16-28)14-23(17)31-24-15-21(34-5)11-12-22(24)30(4)26(31)33/h6-15H,1-5H3,(H,29,32). The summed E-state index contributed by atoms with van der Waals surface area (Å²) in [6.07, 6.45) is 0. The molecule has 172 valence electrons. The Morgan fingerprint density at radius 1 is 1.06 bits per heavy atom. The van der Waals surface area contributed by atoms with E-state index in [4.69, 9.17) is 4.74 Å². The smallest absolute Gasteiger partial charge is 0.333 e. The summed E-state index contributed by atoms with van der Waals surface area (Å²) in [6.45, 7) is 5.54. The van der Waals surface area contributed by atoms with Gasteiger partial charge in [0, 0.05) is 24.4 Å².